The molecule has 0 bridgehead atoms. The van der Waals surface area contributed by atoms with Gasteiger partial charge in [0.1, 0.15) is 11.6 Å². The Bertz CT molecular complexity index is 970. The molecule has 8 heteroatoms. The van der Waals surface area contributed by atoms with Gasteiger partial charge < -0.3 is 25.6 Å². The minimum Gasteiger partial charge on any atom is -0.496 e. The number of benzene rings is 1. The van der Waals surface area contributed by atoms with Crippen LogP contribution in [0.3, 0.4) is 0 Å². The number of ether oxygens (including phenoxy) is 1. The molecule has 1 unspecified atom stereocenters. The highest BCUT2D eigenvalue weighted by molar-refractivity contribution is 5.58. The minimum atomic E-state index is 0.388. The molecule has 3 N–H and O–H groups in total. The minimum absolute atomic E-state index is 0.388. The van der Waals surface area contributed by atoms with Crippen molar-refractivity contribution in [2.45, 2.75) is 50.6 Å². The first-order valence-electron chi connectivity index (χ1n) is 12.5. The quantitative estimate of drug-likeness (QED) is 0.582. The molecule has 1 aromatic heterocycles. The highest BCUT2D eigenvalue weighted by Crippen LogP contribution is 2.39. The highest BCUT2D eigenvalue weighted by atomic mass is 16.5. The number of fused-ring (bicyclic) bond motifs is 1. The first kappa shape index (κ1) is 24.5. The second kappa shape index (κ2) is 10.8. The van der Waals surface area contributed by atoms with Crippen molar-refractivity contribution >= 4 is 17.5 Å². The summed E-state index contributed by atoms with van der Waals surface area (Å²) in [6.07, 6.45) is 5.43. The van der Waals surface area contributed by atoms with Crippen LogP contribution < -0.4 is 20.7 Å². The average molecular weight is 468 g/mol. The molecule has 2 heterocycles. The van der Waals surface area contributed by atoms with Gasteiger partial charge in [-0.05, 0) is 70.8 Å². The largest absolute Gasteiger partial charge is 0.496 e. The first-order chi connectivity index (χ1) is 16.4. The summed E-state index contributed by atoms with van der Waals surface area (Å²) in [6, 6.07) is 6.68. The van der Waals surface area contributed by atoms with Crippen LogP contribution in [0, 0.1) is 0 Å². The topological polar surface area (TPSA) is 82.8 Å². The molecule has 1 saturated heterocycles. The SMILES string of the molecule is COc1cccc(N(C)C)c1CN1CCC(Nc2nc(N)nc3c2C(CCN(C)C)CC3)CC1. The number of likely N-dealkylation sites (tertiary alicyclic amines) is 1. The summed E-state index contributed by atoms with van der Waals surface area (Å²) in [5.74, 6) is 2.83. The molecule has 1 fully saturated rings. The molecule has 2 aliphatic rings. The van der Waals surface area contributed by atoms with E-state index in [1.54, 1.807) is 7.11 Å². The maximum Gasteiger partial charge on any atom is 0.222 e. The summed E-state index contributed by atoms with van der Waals surface area (Å²) in [7, 11) is 10.2. The number of anilines is 3. The van der Waals surface area contributed by atoms with Gasteiger partial charge in [0.2, 0.25) is 5.95 Å². The van der Waals surface area contributed by atoms with Crippen molar-refractivity contribution in [1.82, 2.24) is 19.8 Å². The van der Waals surface area contributed by atoms with Gasteiger partial charge in [0.05, 0.1) is 12.8 Å². The number of methoxy groups -OCH3 is 1. The molecular weight excluding hydrogens is 426 g/mol. The van der Waals surface area contributed by atoms with Crippen LogP contribution in [-0.2, 0) is 13.0 Å². The third-order valence-electron chi connectivity index (χ3n) is 7.22. The standard InChI is InChI=1S/C26H41N7O/c1-31(2)14-11-18-9-10-21-24(18)25(30-26(27)29-21)28-19-12-15-33(16-13-19)17-20-22(32(3)4)7-6-8-23(20)34-5/h6-8,18-19H,9-17H2,1-5H3,(H3,27,28,29,30). The predicted molar refractivity (Wildman–Crippen MR) is 140 cm³/mol. The van der Waals surface area contributed by atoms with Crippen LogP contribution in [0.25, 0.3) is 0 Å². The van der Waals surface area contributed by atoms with E-state index < -0.39 is 0 Å². The molecule has 34 heavy (non-hydrogen) atoms. The first-order valence-corrected chi connectivity index (χ1v) is 12.5. The molecule has 186 valence electrons. The van der Waals surface area contributed by atoms with Gasteiger partial charge in [-0.2, -0.15) is 4.98 Å². The zero-order valence-electron chi connectivity index (χ0n) is 21.5. The molecule has 0 saturated carbocycles. The normalized spacial score (nSPS) is 18.8. The molecule has 1 aliphatic carbocycles. The van der Waals surface area contributed by atoms with Gasteiger partial charge in [-0.3, -0.25) is 4.90 Å². The lowest BCUT2D eigenvalue weighted by atomic mass is 9.97. The van der Waals surface area contributed by atoms with Crippen LogP contribution in [0.2, 0.25) is 0 Å². The van der Waals surface area contributed by atoms with Crippen molar-refractivity contribution in [3.8, 4) is 5.75 Å². The van der Waals surface area contributed by atoms with E-state index >= 15 is 0 Å². The molecule has 0 spiro atoms. The van der Waals surface area contributed by atoms with Crippen LogP contribution in [0.1, 0.15) is 48.4 Å². The fraction of sp³-hybridized carbons (Fsp3) is 0.615. The van der Waals surface area contributed by atoms with Gasteiger partial charge in [-0.15, -0.1) is 0 Å². The van der Waals surface area contributed by atoms with Crippen molar-refractivity contribution in [2.24, 2.45) is 0 Å². The van der Waals surface area contributed by atoms with E-state index in [4.69, 9.17) is 10.5 Å². The van der Waals surface area contributed by atoms with Crippen LogP contribution in [-0.4, -0.2) is 80.7 Å². The molecule has 0 amide bonds. The second-order valence-electron chi connectivity index (χ2n) is 10.2. The lowest BCUT2D eigenvalue weighted by Crippen LogP contribution is -2.39. The fourth-order valence-electron chi connectivity index (χ4n) is 5.40. The molecule has 0 radical (unpaired) electrons. The number of nitrogens with two attached hydrogens (primary N) is 1. The Morgan fingerprint density at radius 1 is 1.12 bits per heavy atom. The number of piperidine rings is 1. The summed E-state index contributed by atoms with van der Waals surface area (Å²) >= 11 is 0. The Balaban J connectivity index is 1.41. The molecule has 2 aromatic rings. The van der Waals surface area contributed by atoms with Crippen LogP contribution in [0.5, 0.6) is 5.75 Å². The summed E-state index contributed by atoms with van der Waals surface area (Å²) in [5.41, 5.74) is 11.0. The summed E-state index contributed by atoms with van der Waals surface area (Å²) < 4.78 is 5.68. The van der Waals surface area contributed by atoms with E-state index in [1.807, 2.05) is 0 Å². The lowest BCUT2D eigenvalue weighted by Gasteiger charge is -2.34. The summed E-state index contributed by atoms with van der Waals surface area (Å²) in [6.45, 7) is 4.04. The van der Waals surface area contributed by atoms with Gasteiger partial charge in [0.25, 0.3) is 0 Å². The van der Waals surface area contributed by atoms with Crippen molar-refractivity contribution in [3.63, 3.8) is 0 Å². The van der Waals surface area contributed by atoms with Crippen molar-refractivity contribution in [1.29, 1.82) is 0 Å². The Labute approximate surface area is 204 Å². The maximum atomic E-state index is 6.08. The number of rotatable bonds is 9. The van der Waals surface area contributed by atoms with E-state index in [-0.39, 0.29) is 0 Å². The molecule has 1 aromatic carbocycles. The number of aromatic nitrogens is 2. The molecule has 1 atom stereocenters. The van der Waals surface area contributed by atoms with Crippen LogP contribution >= 0.6 is 0 Å². The van der Waals surface area contributed by atoms with E-state index in [9.17, 15) is 0 Å². The van der Waals surface area contributed by atoms with E-state index in [0.717, 1.165) is 75.5 Å². The molecule has 4 rings (SSSR count). The Morgan fingerprint density at radius 3 is 2.56 bits per heavy atom. The zero-order chi connectivity index (χ0) is 24.2. The van der Waals surface area contributed by atoms with Crippen molar-refractivity contribution < 1.29 is 4.74 Å². The van der Waals surface area contributed by atoms with Crippen LogP contribution in [0.4, 0.5) is 17.5 Å². The maximum absolute atomic E-state index is 6.08. The van der Waals surface area contributed by atoms with Gasteiger partial charge in [-0.25, -0.2) is 4.98 Å². The van der Waals surface area contributed by atoms with Crippen molar-refractivity contribution in [3.05, 3.63) is 35.0 Å². The Hall–Kier alpha value is -2.58. The summed E-state index contributed by atoms with van der Waals surface area (Å²) in [4.78, 5) is 16.2. The Kier molecular flexibility index (Phi) is 7.78. The van der Waals surface area contributed by atoms with Crippen LogP contribution in [0.15, 0.2) is 18.2 Å². The van der Waals surface area contributed by atoms with E-state index in [0.29, 0.717) is 17.9 Å². The smallest absolute Gasteiger partial charge is 0.222 e. The number of hydrogen-bond acceptors (Lipinski definition) is 8. The van der Waals surface area contributed by atoms with E-state index in [1.165, 1.54) is 16.8 Å². The monoisotopic (exact) mass is 467 g/mol. The Morgan fingerprint density at radius 2 is 1.88 bits per heavy atom. The number of hydrogen-bond donors (Lipinski definition) is 2. The van der Waals surface area contributed by atoms with E-state index in [2.05, 4.69) is 76.4 Å². The number of nitrogens with one attached hydrogen (secondary N) is 1. The number of nitrogen functional groups attached to an aromatic ring is 1. The number of aryl methyl sites for hydroxylation is 1. The summed E-state index contributed by atoms with van der Waals surface area (Å²) in [5, 5.41) is 3.77. The lowest BCUT2D eigenvalue weighted by molar-refractivity contribution is 0.209. The second-order valence-corrected chi connectivity index (χ2v) is 10.2. The highest BCUT2D eigenvalue weighted by Gasteiger charge is 2.30. The van der Waals surface area contributed by atoms with Crippen molar-refractivity contribution in [2.75, 3.05) is 70.9 Å². The zero-order valence-corrected chi connectivity index (χ0v) is 21.5. The third kappa shape index (κ3) is 5.55. The third-order valence-corrected chi connectivity index (χ3v) is 7.22. The van der Waals surface area contributed by atoms with Gasteiger partial charge >= 0.3 is 0 Å². The van der Waals surface area contributed by atoms with Gasteiger partial charge in [-0.1, -0.05) is 6.07 Å². The molecular formula is C26H41N7O. The predicted octanol–water partition coefficient (Wildman–Crippen LogP) is 3.19. The molecule has 1 aliphatic heterocycles. The van der Waals surface area contributed by atoms with Gasteiger partial charge in [0, 0.05) is 56.6 Å². The fourth-order valence-corrected chi connectivity index (χ4v) is 5.40. The number of nitrogens with zero attached hydrogens (tertiary/aromatic N) is 5. The van der Waals surface area contributed by atoms with Gasteiger partial charge in [0.15, 0.2) is 0 Å². The molecule has 8 nitrogen and oxygen atoms in total. The average Bonchev–Trinajstić information content (AvgIpc) is 3.21.